The Morgan fingerprint density at radius 2 is 1.68 bits per heavy atom. The summed E-state index contributed by atoms with van der Waals surface area (Å²) in [7, 11) is 2.12. The van der Waals surface area contributed by atoms with Crippen molar-refractivity contribution >= 4 is 22.6 Å². The van der Waals surface area contributed by atoms with Crippen LogP contribution in [0.15, 0.2) is 52.9 Å². The van der Waals surface area contributed by atoms with Crippen LogP contribution >= 0.6 is 0 Å². The zero-order valence-corrected chi connectivity index (χ0v) is 16.7. The number of nitrogens with zero attached hydrogens (tertiary/aromatic N) is 2. The molecule has 0 bridgehead atoms. The lowest BCUT2D eigenvalue weighted by molar-refractivity contribution is -0.122. The molecule has 5 heteroatoms. The van der Waals surface area contributed by atoms with Gasteiger partial charge in [-0.3, -0.25) is 9.69 Å². The Balaban J connectivity index is 1.69. The molecule has 1 saturated heterocycles. The van der Waals surface area contributed by atoms with Crippen LogP contribution in [0, 0.1) is 13.8 Å². The zero-order chi connectivity index (χ0) is 19.7. The maximum absolute atomic E-state index is 13.4. The number of carbonyl (C=O) groups is 1. The van der Waals surface area contributed by atoms with E-state index in [1.807, 2.05) is 62.4 Å². The number of fused-ring (bicyclic) bond motifs is 1. The van der Waals surface area contributed by atoms with E-state index >= 15 is 0 Å². The standard InChI is InChI=1S/C23H27N3O2/c1-16-7-6-8-17(2)21(16)24-23(27)22(26-13-11-25(3)12-14-26)20-15-18-9-4-5-10-19(18)28-20/h4-10,15,22H,11-14H2,1-3H3,(H,24,27). The van der Waals surface area contributed by atoms with Gasteiger partial charge in [-0.2, -0.15) is 0 Å². The Bertz CT molecular complexity index is 933. The highest BCUT2D eigenvalue weighted by Crippen LogP contribution is 2.30. The van der Waals surface area contributed by atoms with E-state index in [1.54, 1.807) is 0 Å². The van der Waals surface area contributed by atoms with Crippen LogP contribution in [0.25, 0.3) is 11.0 Å². The second kappa shape index (κ2) is 7.78. The maximum atomic E-state index is 13.4. The summed E-state index contributed by atoms with van der Waals surface area (Å²) in [5.74, 6) is 0.662. The van der Waals surface area contributed by atoms with Gasteiger partial charge in [-0.15, -0.1) is 0 Å². The third-order valence-electron chi connectivity index (χ3n) is 5.59. The van der Waals surface area contributed by atoms with Gasteiger partial charge in [-0.05, 0) is 44.2 Å². The van der Waals surface area contributed by atoms with E-state index < -0.39 is 6.04 Å². The first-order valence-corrected chi connectivity index (χ1v) is 9.81. The monoisotopic (exact) mass is 377 g/mol. The summed E-state index contributed by atoms with van der Waals surface area (Å²) in [5, 5.41) is 4.20. The van der Waals surface area contributed by atoms with Crippen molar-refractivity contribution in [1.29, 1.82) is 0 Å². The number of piperazine rings is 1. The fraction of sp³-hybridized carbons (Fsp3) is 0.348. The number of carbonyl (C=O) groups excluding carboxylic acids is 1. The number of nitrogens with one attached hydrogen (secondary N) is 1. The maximum Gasteiger partial charge on any atom is 0.249 e. The number of furan rings is 1. The number of anilines is 1. The molecule has 0 saturated carbocycles. The summed E-state index contributed by atoms with van der Waals surface area (Å²) in [6, 6.07) is 15.5. The van der Waals surface area contributed by atoms with Crippen molar-refractivity contribution in [2.75, 3.05) is 38.5 Å². The van der Waals surface area contributed by atoms with Crippen molar-refractivity contribution in [2.45, 2.75) is 19.9 Å². The third-order valence-corrected chi connectivity index (χ3v) is 5.59. The first-order valence-electron chi connectivity index (χ1n) is 9.81. The molecule has 2 aromatic carbocycles. The highest BCUT2D eigenvalue weighted by atomic mass is 16.3. The van der Waals surface area contributed by atoms with E-state index in [0.29, 0.717) is 5.76 Å². The molecule has 0 spiro atoms. The molecular formula is C23H27N3O2. The lowest BCUT2D eigenvalue weighted by Gasteiger charge is -2.36. The number of benzene rings is 2. The topological polar surface area (TPSA) is 48.7 Å². The summed E-state index contributed by atoms with van der Waals surface area (Å²) in [4.78, 5) is 18.0. The molecule has 3 aromatic rings. The number of rotatable bonds is 4. The molecule has 1 N–H and O–H groups in total. The van der Waals surface area contributed by atoms with Crippen LogP contribution in [-0.4, -0.2) is 48.9 Å². The fourth-order valence-electron chi connectivity index (χ4n) is 3.90. The molecule has 1 aliphatic heterocycles. The fourth-order valence-corrected chi connectivity index (χ4v) is 3.90. The predicted octanol–water partition coefficient (Wildman–Crippen LogP) is 3.98. The number of likely N-dealkylation sites (N-methyl/N-ethyl adjacent to an activating group) is 1. The number of aryl methyl sites for hydroxylation is 2. The van der Waals surface area contributed by atoms with Gasteiger partial charge in [0.05, 0.1) is 0 Å². The summed E-state index contributed by atoms with van der Waals surface area (Å²) in [5.41, 5.74) is 3.84. The van der Waals surface area contributed by atoms with Gasteiger partial charge < -0.3 is 14.6 Å². The molecule has 1 fully saturated rings. The highest BCUT2D eigenvalue weighted by molar-refractivity contribution is 5.97. The van der Waals surface area contributed by atoms with Crippen LogP contribution in [0.2, 0.25) is 0 Å². The Labute approximate surface area is 165 Å². The van der Waals surface area contributed by atoms with Crippen molar-refractivity contribution in [2.24, 2.45) is 0 Å². The number of hydrogen-bond acceptors (Lipinski definition) is 4. The molecule has 0 radical (unpaired) electrons. The molecule has 1 aliphatic rings. The second-order valence-corrected chi connectivity index (χ2v) is 7.68. The van der Waals surface area contributed by atoms with Crippen LogP contribution in [0.1, 0.15) is 22.9 Å². The predicted molar refractivity (Wildman–Crippen MR) is 113 cm³/mol. The molecule has 1 aromatic heterocycles. The van der Waals surface area contributed by atoms with E-state index in [4.69, 9.17) is 4.42 Å². The van der Waals surface area contributed by atoms with Gasteiger partial charge in [0.2, 0.25) is 5.91 Å². The molecule has 1 unspecified atom stereocenters. The van der Waals surface area contributed by atoms with Crippen molar-refractivity contribution in [1.82, 2.24) is 9.80 Å². The minimum Gasteiger partial charge on any atom is -0.459 e. The summed E-state index contributed by atoms with van der Waals surface area (Å²) < 4.78 is 6.11. The molecule has 5 nitrogen and oxygen atoms in total. The molecular weight excluding hydrogens is 350 g/mol. The normalized spacial score (nSPS) is 17.0. The first-order chi connectivity index (χ1) is 13.5. The van der Waals surface area contributed by atoms with E-state index in [1.165, 1.54) is 0 Å². The first kappa shape index (κ1) is 18.7. The Morgan fingerprint density at radius 1 is 1.00 bits per heavy atom. The Kier molecular flexibility index (Phi) is 5.20. The number of para-hydroxylation sites is 2. The molecule has 2 heterocycles. The Morgan fingerprint density at radius 3 is 2.36 bits per heavy atom. The molecule has 146 valence electrons. The minimum atomic E-state index is -0.444. The average molecular weight is 377 g/mol. The molecule has 1 atom stereocenters. The molecule has 1 amide bonds. The summed E-state index contributed by atoms with van der Waals surface area (Å²) in [6.45, 7) is 7.58. The van der Waals surface area contributed by atoms with Gasteiger partial charge in [0.25, 0.3) is 0 Å². The van der Waals surface area contributed by atoms with Gasteiger partial charge >= 0.3 is 0 Å². The smallest absolute Gasteiger partial charge is 0.249 e. The van der Waals surface area contributed by atoms with Crippen LogP contribution < -0.4 is 5.32 Å². The van der Waals surface area contributed by atoms with Gasteiger partial charge in [0.1, 0.15) is 17.4 Å². The van der Waals surface area contributed by atoms with Crippen molar-refractivity contribution in [3.05, 3.63) is 65.4 Å². The van der Waals surface area contributed by atoms with E-state index in [9.17, 15) is 4.79 Å². The number of amides is 1. The van der Waals surface area contributed by atoms with Gasteiger partial charge in [-0.1, -0.05) is 36.4 Å². The van der Waals surface area contributed by atoms with E-state index in [2.05, 4.69) is 22.2 Å². The zero-order valence-electron chi connectivity index (χ0n) is 16.7. The lowest BCUT2D eigenvalue weighted by Crippen LogP contribution is -2.48. The second-order valence-electron chi connectivity index (χ2n) is 7.68. The summed E-state index contributed by atoms with van der Waals surface area (Å²) in [6.07, 6.45) is 0. The van der Waals surface area contributed by atoms with Gasteiger partial charge in [0.15, 0.2) is 0 Å². The van der Waals surface area contributed by atoms with Crippen molar-refractivity contribution < 1.29 is 9.21 Å². The largest absolute Gasteiger partial charge is 0.459 e. The van der Waals surface area contributed by atoms with Crippen LogP contribution in [0.5, 0.6) is 0 Å². The minimum absolute atomic E-state index is 0.0407. The van der Waals surface area contributed by atoms with E-state index in [0.717, 1.165) is 54.0 Å². The molecule has 28 heavy (non-hydrogen) atoms. The van der Waals surface area contributed by atoms with Crippen molar-refractivity contribution in [3.63, 3.8) is 0 Å². The lowest BCUT2D eigenvalue weighted by atomic mass is 10.1. The highest BCUT2D eigenvalue weighted by Gasteiger charge is 2.33. The average Bonchev–Trinajstić information content (AvgIpc) is 3.10. The van der Waals surface area contributed by atoms with Gasteiger partial charge in [-0.25, -0.2) is 0 Å². The van der Waals surface area contributed by atoms with Gasteiger partial charge in [0, 0.05) is 37.3 Å². The number of hydrogen-bond donors (Lipinski definition) is 1. The third kappa shape index (κ3) is 3.68. The SMILES string of the molecule is Cc1cccc(C)c1NC(=O)C(c1cc2ccccc2o1)N1CCN(C)CC1. The van der Waals surface area contributed by atoms with E-state index in [-0.39, 0.29) is 5.91 Å². The molecule has 4 rings (SSSR count). The summed E-state index contributed by atoms with van der Waals surface area (Å²) >= 11 is 0. The Hall–Kier alpha value is -2.63. The van der Waals surface area contributed by atoms with Crippen LogP contribution in [0.3, 0.4) is 0 Å². The van der Waals surface area contributed by atoms with Crippen LogP contribution in [0.4, 0.5) is 5.69 Å². The molecule has 0 aliphatic carbocycles. The van der Waals surface area contributed by atoms with Crippen molar-refractivity contribution in [3.8, 4) is 0 Å². The quantitative estimate of drug-likeness (QED) is 0.747. The van der Waals surface area contributed by atoms with Crippen LogP contribution in [-0.2, 0) is 4.79 Å².